The fraction of sp³-hybridized carbons (Fsp3) is 0.875. The zero-order valence-electron chi connectivity index (χ0n) is 22.1. The van der Waals surface area contributed by atoms with Gasteiger partial charge in [0.05, 0.1) is 5.41 Å². The lowest BCUT2D eigenvalue weighted by molar-refractivity contribution is -0.157. The predicted octanol–water partition coefficient (Wildman–Crippen LogP) is 5.33. The van der Waals surface area contributed by atoms with Crippen LogP contribution in [0.25, 0.3) is 0 Å². The molecule has 0 aromatic rings. The molecule has 0 aromatic carbocycles. The van der Waals surface area contributed by atoms with Crippen LogP contribution in [0.3, 0.4) is 0 Å². The van der Waals surface area contributed by atoms with E-state index < -0.39 is 37.0 Å². The number of carbonyl (C=O) groups excluding carboxylic acids is 3. The molecule has 1 amide bonds. The van der Waals surface area contributed by atoms with Crippen molar-refractivity contribution in [2.75, 3.05) is 19.7 Å². The average molecular weight is 472 g/mol. The Morgan fingerprint density at radius 1 is 0.906 bits per heavy atom. The fourth-order valence-corrected chi connectivity index (χ4v) is 4.39. The van der Waals surface area contributed by atoms with Gasteiger partial charge in [0.1, 0.15) is 17.6 Å². The molecular formula is C24H45NO6Si. The third-order valence-electron chi connectivity index (χ3n) is 6.17. The maximum Gasteiger partial charge on any atom is 0.410 e. The van der Waals surface area contributed by atoms with Gasteiger partial charge in [-0.15, -0.1) is 0 Å². The summed E-state index contributed by atoms with van der Waals surface area (Å²) in [5, 5.41) is 0.0545. The molecule has 0 saturated carbocycles. The first kappa shape index (κ1) is 28.6. The topological polar surface area (TPSA) is 82.1 Å². The van der Waals surface area contributed by atoms with Crippen LogP contribution in [0.1, 0.15) is 81.6 Å². The number of rotatable bonds is 7. The minimum Gasteiger partial charge on any atom is -0.460 e. The smallest absolute Gasteiger partial charge is 0.410 e. The first-order valence-electron chi connectivity index (χ1n) is 11.5. The maximum atomic E-state index is 13.3. The van der Waals surface area contributed by atoms with E-state index in [2.05, 4.69) is 33.9 Å². The number of ether oxygens (including phenoxy) is 2. The molecule has 186 valence electrons. The molecule has 0 bridgehead atoms. The lowest BCUT2D eigenvalue weighted by Crippen LogP contribution is -2.44. The lowest BCUT2D eigenvalue weighted by atomic mass is 9.78. The molecule has 1 fully saturated rings. The zero-order chi connectivity index (χ0) is 25.2. The van der Waals surface area contributed by atoms with Crippen molar-refractivity contribution in [2.45, 2.75) is 111 Å². The summed E-state index contributed by atoms with van der Waals surface area (Å²) in [7, 11) is -1.99. The third-order valence-corrected chi connectivity index (χ3v) is 10.7. The maximum absolute atomic E-state index is 13.3. The summed E-state index contributed by atoms with van der Waals surface area (Å²) in [4.78, 5) is 39.9. The Labute approximate surface area is 195 Å². The van der Waals surface area contributed by atoms with Gasteiger partial charge in [-0.05, 0) is 72.5 Å². The van der Waals surface area contributed by atoms with Crippen LogP contribution in [0.5, 0.6) is 0 Å². The Kier molecular flexibility index (Phi) is 8.79. The van der Waals surface area contributed by atoms with Gasteiger partial charge in [0.2, 0.25) is 0 Å². The SMILES string of the molecule is CC(C)(C)OC(=O)CC(=O)C1(CCO[Si](C)(C)C(C)(C)C)CCN(C(=O)OC(C)(C)C)C1. The number of carbonyl (C=O) groups is 3. The van der Waals surface area contributed by atoms with Crippen LogP contribution in [0.4, 0.5) is 4.79 Å². The molecule has 1 unspecified atom stereocenters. The quantitative estimate of drug-likeness (QED) is 0.284. The first-order chi connectivity index (χ1) is 14.2. The highest BCUT2D eigenvalue weighted by molar-refractivity contribution is 6.74. The van der Waals surface area contributed by atoms with Gasteiger partial charge in [-0.2, -0.15) is 0 Å². The molecule has 8 heteroatoms. The summed E-state index contributed by atoms with van der Waals surface area (Å²) in [6.07, 6.45) is 0.198. The molecule has 1 heterocycles. The van der Waals surface area contributed by atoms with Crippen LogP contribution < -0.4 is 0 Å². The molecule has 1 aliphatic rings. The second-order valence-corrected chi connectivity index (χ2v) is 17.3. The third kappa shape index (κ3) is 8.50. The van der Waals surface area contributed by atoms with E-state index in [1.807, 2.05) is 20.8 Å². The number of hydrogen-bond acceptors (Lipinski definition) is 6. The van der Waals surface area contributed by atoms with Crippen LogP contribution in [-0.2, 0) is 23.5 Å². The highest BCUT2D eigenvalue weighted by Crippen LogP contribution is 2.40. The second kappa shape index (κ2) is 9.83. The first-order valence-corrected chi connectivity index (χ1v) is 14.5. The molecular weight excluding hydrogens is 426 g/mol. The molecule has 0 aromatic heterocycles. The van der Waals surface area contributed by atoms with Gasteiger partial charge in [0.25, 0.3) is 0 Å². The molecule has 7 nitrogen and oxygen atoms in total. The lowest BCUT2D eigenvalue weighted by Gasteiger charge is -2.37. The molecule has 0 aliphatic carbocycles. The molecule has 0 N–H and O–H groups in total. The summed E-state index contributed by atoms with van der Waals surface area (Å²) >= 11 is 0. The minimum absolute atomic E-state index is 0.0545. The van der Waals surface area contributed by atoms with Gasteiger partial charge >= 0.3 is 12.1 Å². The van der Waals surface area contributed by atoms with Crippen molar-refractivity contribution in [1.29, 1.82) is 0 Å². The van der Waals surface area contributed by atoms with Gasteiger partial charge in [-0.1, -0.05) is 20.8 Å². The van der Waals surface area contributed by atoms with E-state index in [1.54, 1.807) is 25.7 Å². The monoisotopic (exact) mass is 471 g/mol. The number of esters is 1. The molecule has 1 saturated heterocycles. The molecule has 1 atom stereocenters. The van der Waals surface area contributed by atoms with Gasteiger partial charge < -0.3 is 18.8 Å². The van der Waals surface area contributed by atoms with E-state index in [4.69, 9.17) is 13.9 Å². The van der Waals surface area contributed by atoms with Crippen molar-refractivity contribution < 1.29 is 28.3 Å². The number of ketones is 1. The van der Waals surface area contributed by atoms with Crippen LogP contribution in [0.15, 0.2) is 0 Å². The van der Waals surface area contributed by atoms with Crippen molar-refractivity contribution in [3.8, 4) is 0 Å². The number of likely N-dealkylation sites (tertiary alicyclic amines) is 1. The van der Waals surface area contributed by atoms with Crippen LogP contribution >= 0.6 is 0 Å². The Morgan fingerprint density at radius 2 is 1.44 bits per heavy atom. The van der Waals surface area contributed by atoms with Gasteiger partial charge in [0.15, 0.2) is 14.1 Å². The zero-order valence-corrected chi connectivity index (χ0v) is 23.1. The summed E-state index contributed by atoms with van der Waals surface area (Å²) in [6, 6.07) is 0. The van der Waals surface area contributed by atoms with Gasteiger partial charge in [0, 0.05) is 19.7 Å². The van der Waals surface area contributed by atoms with E-state index in [0.717, 1.165) is 0 Å². The Balaban J connectivity index is 3.00. The highest BCUT2D eigenvalue weighted by atomic mass is 28.4. The van der Waals surface area contributed by atoms with E-state index in [9.17, 15) is 14.4 Å². The molecule has 0 radical (unpaired) electrons. The van der Waals surface area contributed by atoms with Gasteiger partial charge in [-0.3, -0.25) is 9.59 Å². The molecule has 32 heavy (non-hydrogen) atoms. The summed E-state index contributed by atoms with van der Waals surface area (Å²) in [5.74, 6) is -0.737. The van der Waals surface area contributed by atoms with Crippen LogP contribution in [-0.4, -0.2) is 62.0 Å². The van der Waals surface area contributed by atoms with E-state index >= 15 is 0 Å². The molecule has 0 spiro atoms. The molecule has 1 rings (SSSR count). The molecule has 1 aliphatic heterocycles. The van der Waals surface area contributed by atoms with Crippen molar-refractivity contribution in [3.63, 3.8) is 0 Å². The number of nitrogens with zero attached hydrogens (tertiary/aromatic N) is 1. The predicted molar refractivity (Wildman–Crippen MR) is 128 cm³/mol. The number of hydrogen-bond donors (Lipinski definition) is 0. The normalized spacial score (nSPS) is 20.3. The second-order valence-electron chi connectivity index (χ2n) is 12.5. The average Bonchev–Trinajstić information content (AvgIpc) is 2.96. The number of Topliss-reactive ketones (excluding diaryl/α,β-unsaturated/α-hetero) is 1. The van der Waals surface area contributed by atoms with Gasteiger partial charge in [-0.25, -0.2) is 4.79 Å². The summed E-state index contributed by atoms with van der Waals surface area (Å²) < 4.78 is 17.2. The summed E-state index contributed by atoms with van der Waals surface area (Å²) in [6.45, 7) is 22.7. The van der Waals surface area contributed by atoms with Crippen molar-refractivity contribution >= 4 is 26.2 Å². The Morgan fingerprint density at radius 3 is 1.91 bits per heavy atom. The van der Waals surface area contributed by atoms with E-state index in [0.29, 0.717) is 26.0 Å². The Hall–Kier alpha value is -1.41. The highest BCUT2D eigenvalue weighted by Gasteiger charge is 2.47. The largest absolute Gasteiger partial charge is 0.460 e. The van der Waals surface area contributed by atoms with Crippen molar-refractivity contribution in [3.05, 3.63) is 0 Å². The van der Waals surface area contributed by atoms with Crippen LogP contribution in [0.2, 0.25) is 18.1 Å². The standard InChI is InChI=1S/C24H45NO6Si/c1-21(2,3)30-19(27)16-18(26)24(13-15-29-32(10,11)23(7,8)9)12-14-25(17-24)20(28)31-22(4,5)6/h12-17H2,1-11H3. The van der Waals surface area contributed by atoms with Crippen molar-refractivity contribution in [2.24, 2.45) is 5.41 Å². The van der Waals surface area contributed by atoms with E-state index in [-0.39, 0.29) is 23.8 Å². The Bertz CT molecular complexity index is 699. The summed E-state index contributed by atoms with van der Waals surface area (Å²) in [5.41, 5.74) is -2.11. The fourth-order valence-electron chi connectivity index (χ4n) is 3.34. The number of amides is 1. The van der Waals surface area contributed by atoms with E-state index in [1.165, 1.54) is 0 Å². The van der Waals surface area contributed by atoms with Crippen LogP contribution in [0, 0.1) is 5.41 Å². The van der Waals surface area contributed by atoms with Crippen molar-refractivity contribution in [1.82, 2.24) is 4.90 Å². The minimum atomic E-state index is -1.99.